The molecule has 0 aromatic heterocycles. The molecule has 19 heavy (non-hydrogen) atoms. The Morgan fingerprint density at radius 2 is 2.11 bits per heavy atom. The normalized spacial score (nSPS) is 25.2. The molecule has 0 aliphatic carbocycles. The van der Waals surface area contributed by atoms with Gasteiger partial charge in [0.05, 0.1) is 0 Å². The van der Waals surface area contributed by atoms with Crippen molar-refractivity contribution in [2.24, 2.45) is 0 Å². The molecule has 1 N–H and O–H groups in total. The number of benzene rings is 1. The number of hydrogen-bond donors (Lipinski definition) is 1. The maximum absolute atomic E-state index is 3.65. The molecule has 1 aliphatic heterocycles. The average Bonchev–Trinajstić information content (AvgIpc) is 2.62. The fraction of sp³-hybridized carbons (Fsp3) is 0.625. The van der Waals surface area contributed by atoms with E-state index in [4.69, 9.17) is 0 Å². The van der Waals surface area contributed by atoms with E-state index in [2.05, 4.69) is 54.4 Å². The summed E-state index contributed by atoms with van der Waals surface area (Å²) in [6, 6.07) is 12.1. The highest BCUT2D eigenvalue weighted by atomic mass is 32.2. The van der Waals surface area contributed by atoms with Crippen molar-refractivity contribution in [2.45, 2.75) is 43.7 Å². The quantitative estimate of drug-likeness (QED) is 0.832. The summed E-state index contributed by atoms with van der Waals surface area (Å²) in [7, 11) is 0. The van der Waals surface area contributed by atoms with Crippen LogP contribution in [0.1, 0.15) is 26.7 Å². The molecule has 1 heterocycles. The standard InChI is InChI=1S/C16H26N2S/c1-3-15-13-18(14(2)9-10-17-15)11-12-19-16-7-5-4-6-8-16/h4-8,14-15,17H,3,9-13H2,1-2H3. The minimum absolute atomic E-state index is 0.673. The maximum Gasteiger partial charge on any atom is 0.0192 e. The van der Waals surface area contributed by atoms with Crippen molar-refractivity contribution >= 4 is 11.8 Å². The van der Waals surface area contributed by atoms with E-state index in [1.54, 1.807) is 0 Å². The lowest BCUT2D eigenvalue weighted by molar-refractivity contribution is 0.216. The van der Waals surface area contributed by atoms with Crippen LogP contribution in [0.4, 0.5) is 0 Å². The molecule has 1 aromatic rings. The van der Waals surface area contributed by atoms with Gasteiger partial charge in [-0.2, -0.15) is 0 Å². The van der Waals surface area contributed by atoms with Crippen LogP contribution in [0.25, 0.3) is 0 Å². The van der Waals surface area contributed by atoms with Crippen molar-refractivity contribution in [2.75, 3.05) is 25.4 Å². The Hall–Kier alpha value is -0.510. The van der Waals surface area contributed by atoms with Gasteiger partial charge in [0.25, 0.3) is 0 Å². The van der Waals surface area contributed by atoms with Crippen molar-refractivity contribution in [1.29, 1.82) is 0 Å². The van der Waals surface area contributed by atoms with Gasteiger partial charge in [-0.15, -0.1) is 11.8 Å². The van der Waals surface area contributed by atoms with Crippen LogP contribution in [-0.2, 0) is 0 Å². The lowest BCUT2D eigenvalue weighted by Crippen LogP contribution is -2.40. The van der Waals surface area contributed by atoms with Gasteiger partial charge in [0.2, 0.25) is 0 Å². The second-order valence-electron chi connectivity index (χ2n) is 5.35. The molecular formula is C16H26N2S. The van der Waals surface area contributed by atoms with Gasteiger partial charge in [0.1, 0.15) is 0 Å². The molecule has 106 valence electrons. The first-order chi connectivity index (χ1) is 9.29. The highest BCUT2D eigenvalue weighted by Gasteiger charge is 2.21. The molecule has 0 bridgehead atoms. The fourth-order valence-electron chi connectivity index (χ4n) is 2.59. The van der Waals surface area contributed by atoms with Gasteiger partial charge in [0, 0.05) is 35.8 Å². The number of hydrogen-bond acceptors (Lipinski definition) is 3. The lowest BCUT2D eigenvalue weighted by Gasteiger charge is -2.28. The maximum atomic E-state index is 3.65. The predicted octanol–water partition coefficient (Wildman–Crippen LogP) is 3.24. The molecule has 1 fully saturated rings. The highest BCUT2D eigenvalue weighted by molar-refractivity contribution is 7.99. The first-order valence-electron chi connectivity index (χ1n) is 7.45. The average molecular weight is 278 g/mol. The summed E-state index contributed by atoms with van der Waals surface area (Å²) in [5.41, 5.74) is 0. The molecule has 3 heteroatoms. The zero-order valence-corrected chi connectivity index (χ0v) is 13.0. The van der Waals surface area contributed by atoms with Gasteiger partial charge in [-0.05, 0) is 38.4 Å². The molecule has 0 amide bonds. The van der Waals surface area contributed by atoms with E-state index in [0.29, 0.717) is 12.1 Å². The van der Waals surface area contributed by atoms with E-state index in [1.165, 1.54) is 43.1 Å². The summed E-state index contributed by atoms with van der Waals surface area (Å²) < 4.78 is 0. The van der Waals surface area contributed by atoms with Crippen molar-refractivity contribution < 1.29 is 0 Å². The summed E-state index contributed by atoms with van der Waals surface area (Å²) in [5.74, 6) is 1.19. The zero-order chi connectivity index (χ0) is 13.5. The van der Waals surface area contributed by atoms with Crippen LogP contribution >= 0.6 is 11.8 Å². The minimum Gasteiger partial charge on any atom is -0.313 e. The molecule has 1 aromatic carbocycles. The van der Waals surface area contributed by atoms with Gasteiger partial charge in [-0.1, -0.05) is 25.1 Å². The van der Waals surface area contributed by atoms with Crippen LogP contribution in [0, 0.1) is 0 Å². The van der Waals surface area contributed by atoms with Crippen LogP contribution in [0.3, 0.4) is 0 Å². The van der Waals surface area contributed by atoms with Gasteiger partial charge in [0.15, 0.2) is 0 Å². The Balaban J connectivity index is 1.79. The fourth-order valence-corrected chi connectivity index (χ4v) is 3.50. The van der Waals surface area contributed by atoms with Gasteiger partial charge in [-0.3, -0.25) is 4.90 Å². The molecule has 0 radical (unpaired) electrons. The number of rotatable bonds is 5. The van der Waals surface area contributed by atoms with E-state index < -0.39 is 0 Å². The summed E-state index contributed by atoms with van der Waals surface area (Å²) in [4.78, 5) is 4.04. The highest BCUT2D eigenvalue weighted by Crippen LogP contribution is 2.18. The number of thioether (sulfide) groups is 1. The Morgan fingerprint density at radius 3 is 2.84 bits per heavy atom. The first-order valence-corrected chi connectivity index (χ1v) is 8.43. The topological polar surface area (TPSA) is 15.3 Å². The van der Waals surface area contributed by atoms with Gasteiger partial charge < -0.3 is 5.32 Å². The number of nitrogens with zero attached hydrogens (tertiary/aromatic N) is 1. The number of nitrogens with one attached hydrogen (secondary N) is 1. The Kier molecular flexibility index (Phi) is 6.21. The van der Waals surface area contributed by atoms with Gasteiger partial charge in [-0.25, -0.2) is 0 Å². The van der Waals surface area contributed by atoms with Crippen molar-refractivity contribution in [3.05, 3.63) is 30.3 Å². The predicted molar refractivity (Wildman–Crippen MR) is 84.9 cm³/mol. The van der Waals surface area contributed by atoms with E-state index in [0.717, 1.165) is 0 Å². The molecule has 0 spiro atoms. The summed E-state index contributed by atoms with van der Waals surface area (Å²) in [5, 5.41) is 3.65. The largest absolute Gasteiger partial charge is 0.313 e. The zero-order valence-electron chi connectivity index (χ0n) is 12.1. The smallest absolute Gasteiger partial charge is 0.0192 e. The summed E-state index contributed by atoms with van der Waals surface area (Å²) in [6.07, 6.45) is 2.50. The van der Waals surface area contributed by atoms with E-state index in [-0.39, 0.29) is 0 Å². The van der Waals surface area contributed by atoms with Crippen LogP contribution in [-0.4, -0.2) is 42.4 Å². The Labute approximate surface area is 122 Å². The Morgan fingerprint density at radius 1 is 1.32 bits per heavy atom. The Bertz CT molecular complexity index is 355. The van der Waals surface area contributed by atoms with Crippen molar-refractivity contribution in [3.63, 3.8) is 0 Å². The molecular weight excluding hydrogens is 252 g/mol. The van der Waals surface area contributed by atoms with Crippen LogP contribution in [0.2, 0.25) is 0 Å². The first kappa shape index (κ1) is 14.9. The molecule has 0 saturated carbocycles. The van der Waals surface area contributed by atoms with Crippen molar-refractivity contribution in [3.8, 4) is 0 Å². The SMILES string of the molecule is CCC1CN(CCSc2ccccc2)C(C)CCN1. The third kappa shape index (κ3) is 4.83. The minimum atomic E-state index is 0.673. The van der Waals surface area contributed by atoms with Gasteiger partial charge >= 0.3 is 0 Å². The molecule has 1 saturated heterocycles. The molecule has 2 atom stereocenters. The van der Waals surface area contributed by atoms with Crippen LogP contribution in [0.5, 0.6) is 0 Å². The molecule has 1 aliphatic rings. The van der Waals surface area contributed by atoms with E-state index >= 15 is 0 Å². The lowest BCUT2D eigenvalue weighted by atomic mass is 10.2. The third-order valence-corrected chi connectivity index (χ3v) is 4.95. The monoisotopic (exact) mass is 278 g/mol. The summed E-state index contributed by atoms with van der Waals surface area (Å²) in [6.45, 7) is 8.21. The molecule has 2 unspecified atom stereocenters. The van der Waals surface area contributed by atoms with Crippen LogP contribution < -0.4 is 5.32 Å². The second kappa shape index (κ2) is 7.93. The summed E-state index contributed by atoms with van der Waals surface area (Å²) >= 11 is 1.97. The molecule has 2 nitrogen and oxygen atoms in total. The molecule has 2 rings (SSSR count). The van der Waals surface area contributed by atoms with E-state index in [9.17, 15) is 0 Å². The third-order valence-electron chi connectivity index (χ3n) is 3.96. The second-order valence-corrected chi connectivity index (χ2v) is 6.52. The van der Waals surface area contributed by atoms with Crippen molar-refractivity contribution in [1.82, 2.24) is 10.2 Å². The van der Waals surface area contributed by atoms with Crippen LogP contribution in [0.15, 0.2) is 35.2 Å². The van der Waals surface area contributed by atoms with E-state index in [1.807, 2.05) is 11.8 Å².